The van der Waals surface area contributed by atoms with Crippen LogP contribution in [0.2, 0.25) is 0 Å². The van der Waals surface area contributed by atoms with Gasteiger partial charge in [0.05, 0.1) is 6.54 Å². The van der Waals surface area contributed by atoms with E-state index in [1.807, 2.05) is 42.3 Å². The quantitative estimate of drug-likeness (QED) is 0.774. The summed E-state index contributed by atoms with van der Waals surface area (Å²) in [4.78, 5) is 14.4. The van der Waals surface area contributed by atoms with Crippen molar-refractivity contribution in [2.75, 3.05) is 11.9 Å². The van der Waals surface area contributed by atoms with E-state index in [-0.39, 0.29) is 5.91 Å². The molecular weight excluding hydrogens is 304 g/mol. The second kappa shape index (κ2) is 5.84. The maximum absolute atomic E-state index is 12.6. The minimum atomic E-state index is -0.0480. The van der Waals surface area contributed by atoms with E-state index in [4.69, 9.17) is 0 Å². The summed E-state index contributed by atoms with van der Waals surface area (Å²) in [5.74, 6) is 0.725. The molecule has 4 rings (SSSR count). The number of aromatic nitrogens is 4. The number of para-hydroxylation sites is 1. The highest BCUT2D eigenvalue weighted by atomic mass is 16.2. The predicted octanol–water partition coefficient (Wildman–Crippen LogP) is 2.09. The Kier molecular flexibility index (Phi) is 3.53. The lowest BCUT2D eigenvalue weighted by Gasteiger charge is -2.26. The molecule has 7 nitrogen and oxygen atoms in total. The molecule has 0 unspecified atom stereocenters. The number of anilines is 2. The Labute approximate surface area is 139 Å². The lowest BCUT2D eigenvalue weighted by Crippen LogP contribution is -2.36. The SMILES string of the molecule is Cn1ccc(C(=O)N2CCc3[nH]nc(Nc4ccccc4)c3C2)n1. The van der Waals surface area contributed by atoms with E-state index in [0.717, 1.165) is 29.2 Å². The molecule has 2 N–H and O–H groups in total. The fourth-order valence-electron chi connectivity index (χ4n) is 2.92. The molecule has 3 heterocycles. The van der Waals surface area contributed by atoms with Crippen LogP contribution in [0.1, 0.15) is 21.7 Å². The van der Waals surface area contributed by atoms with Crippen LogP contribution in [0.25, 0.3) is 0 Å². The van der Waals surface area contributed by atoms with Crippen molar-refractivity contribution in [1.29, 1.82) is 0 Å². The van der Waals surface area contributed by atoms with Gasteiger partial charge in [-0.25, -0.2) is 0 Å². The number of aryl methyl sites for hydroxylation is 1. The van der Waals surface area contributed by atoms with Gasteiger partial charge in [0.15, 0.2) is 5.82 Å². The minimum Gasteiger partial charge on any atom is -0.338 e. The number of aromatic amines is 1. The average molecular weight is 322 g/mol. The van der Waals surface area contributed by atoms with Crippen LogP contribution in [0.5, 0.6) is 0 Å². The highest BCUT2D eigenvalue weighted by Gasteiger charge is 2.27. The van der Waals surface area contributed by atoms with Crippen LogP contribution in [-0.2, 0) is 20.0 Å². The summed E-state index contributed by atoms with van der Waals surface area (Å²) in [5, 5.41) is 15.0. The highest BCUT2D eigenvalue weighted by molar-refractivity contribution is 5.92. The third-order valence-corrected chi connectivity index (χ3v) is 4.19. The molecule has 7 heteroatoms. The first kappa shape index (κ1) is 14.5. The number of nitrogens with one attached hydrogen (secondary N) is 2. The third kappa shape index (κ3) is 2.64. The van der Waals surface area contributed by atoms with Crippen LogP contribution < -0.4 is 5.32 Å². The third-order valence-electron chi connectivity index (χ3n) is 4.19. The first-order valence-corrected chi connectivity index (χ1v) is 7.88. The van der Waals surface area contributed by atoms with Crippen molar-refractivity contribution in [3.05, 3.63) is 59.5 Å². The van der Waals surface area contributed by atoms with Gasteiger partial charge < -0.3 is 10.2 Å². The molecule has 0 atom stereocenters. The largest absolute Gasteiger partial charge is 0.338 e. The second-order valence-corrected chi connectivity index (χ2v) is 5.87. The lowest BCUT2D eigenvalue weighted by molar-refractivity contribution is 0.0728. The van der Waals surface area contributed by atoms with E-state index >= 15 is 0 Å². The number of amides is 1. The first-order chi connectivity index (χ1) is 11.7. The molecule has 24 heavy (non-hydrogen) atoms. The molecule has 0 bridgehead atoms. The van der Waals surface area contributed by atoms with E-state index in [2.05, 4.69) is 20.6 Å². The zero-order valence-corrected chi connectivity index (χ0v) is 13.4. The number of carbonyl (C=O) groups is 1. The van der Waals surface area contributed by atoms with Crippen molar-refractivity contribution in [3.8, 4) is 0 Å². The van der Waals surface area contributed by atoms with Crippen LogP contribution in [0.15, 0.2) is 42.6 Å². The molecule has 1 aliphatic rings. The summed E-state index contributed by atoms with van der Waals surface area (Å²) in [6, 6.07) is 11.6. The molecule has 0 saturated carbocycles. The summed E-state index contributed by atoms with van der Waals surface area (Å²) in [6.07, 6.45) is 2.54. The zero-order chi connectivity index (χ0) is 16.5. The van der Waals surface area contributed by atoms with E-state index in [0.29, 0.717) is 18.8 Å². The highest BCUT2D eigenvalue weighted by Crippen LogP contribution is 2.27. The van der Waals surface area contributed by atoms with E-state index in [1.54, 1.807) is 16.9 Å². The van der Waals surface area contributed by atoms with Gasteiger partial charge in [0.1, 0.15) is 5.69 Å². The molecule has 1 aromatic carbocycles. The summed E-state index contributed by atoms with van der Waals surface area (Å²) >= 11 is 0. The van der Waals surface area contributed by atoms with Crippen molar-refractivity contribution in [2.24, 2.45) is 7.05 Å². The van der Waals surface area contributed by atoms with Crippen molar-refractivity contribution in [2.45, 2.75) is 13.0 Å². The molecule has 1 amide bonds. The molecule has 0 fully saturated rings. The van der Waals surface area contributed by atoms with Gasteiger partial charge in [-0.05, 0) is 18.2 Å². The number of carbonyl (C=O) groups excluding carboxylic acids is 1. The Hall–Kier alpha value is -3.09. The molecule has 3 aromatic rings. The van der Waals surface area contributed by atoms with Crippen LogP contribution >= 0.6 is 0 Å². The second-order valence-electron chi connectivity index (χ2n) is 5.87. The topological polar surface area (TPSA) is 78.8 Å². The van der Waals surface area contributed by atoms with Gasteiger partial charge >= 0.3 is 0 Å². The molecule has 0 aliphatic carbocycles. The summed E-state index contributed by atoms with van der Waals surface area (Å²) < 4.78 is 1.64. The van der Waals surface area contributed by atoms with Crippen molar-refractivity contribution in [1.82, 2.24) is 24.9 Å². The molecule has 0 radical (unpaired) electrons. The normalized spacial score (nSPS) is 13.6. The Bertz CT molecular complexity index is 866. The Morgan fingerprint density at radius 3 is 2.83 bits per heavy atom. The van der Waals surface area contributed by atoms with Gasteiger partial charge in [-0.3, -0.25) is 14.6 Å². The Morgan fingerprint density at radius 2 is 2.08 bits per heavy atom. The fourth-order valence-corrected chi connectivity index (χ4v) is 2.92. The molecule has 2 aromatic heterocycles. The van der Waals surface area contributed by atoms with Gasteiger partial charge in [-0.1, -0.05) is 18.2 Å². The van der Waals surface area contributed by atoms with Crippen LogP contribution in [-0.4, -0.2) is 37.3 Å². The molecule has 0 saturated heterocycles. The number of benzene rings is 1. The standard InChI is InChI=1S/C17H18N6O/c1-22-9-7-15(21-22)17(24)23-10-8-14-13(11-23)16(20-19-14)18-12-5-3-2-4-6-12/h2-7,9H,8,10-11H2,1H3,(H2,18,19,20). The Balaban J connectivity index is 1.56. The number of nitrogens with zero attached hydrogens (tertiary/aromatic N) is 4. The monoisotopic (exact) mass is 322 g/mol. The number of rotatable bonds is 3. The molecule has 1 aliphatic heterocycles. The zero-order valence-electron chi connectivity index (χ0n) is 13.4. The number of hydrogen-bond acceptors (Lipinski definition) is 4. The van der Waals surface area contributed by atoms with E-state index in [1.165, 1.54) is 0 Å². The van der Waals surface area contributed by atoms with Gasteiger partial charge in [0.25, 0.3) is 5.91 Å². The molecular formula is C17H18N6O. The number of fused-ring (bicyclic) bond motifs is 1. The van der Waals surface area contributed by atoms with Gasteiger partial charge in [-0.2, -0.15) is 10.2 Å². The van der Waals surface area contributed by atoms with Gasteiger partial charge in [0, 0.05) is 43.2 Å². The Morgan fingerprint density at radius 1 is 1.25 bits per heavy atom. The fraction of sp³-hybridized carbons (Fsp3) is 0.235. The lowest BCUT2D eigenvalue weighted by atomic mass is 10.1. The smallest absolute Gasteiger partial charge is 0.274 e. The number of hydrogen-bond donors (Lipinski definition) is 2. The summed E-state index contributed by atoms with van der Waals surface area (Å²) in [6.45, 7) is 1.19. The maximum atomic E-state index is 12.6. The number of H-pyrrole nitrogens is 1. The molecule has 122 valence electrons. The van der Waals surface area contributed by atoms with E-state index < -0.39 is 0 Å². The van der Waals surface area contributed by atoms with Crippen LogP contribution in [0.3, 0.4) is 0 Å². The van der Waals surface area contributed by atoms with Crippen LogP contribution in [0, 0.1) is 0 Å². The van der Waals surface area contributed by atoms with Gasteiger partial charge in [0.2, 0.25) is 0 Å². The first-order valence-electron chi connectivity index (χ1n) is 7.88. The predicted molar refractivity (Wildman–Crippen MR) is 90.0 cm³/mol. The van der Waals surface area contributed by atoms with Crippen molar-refractivity contribution < 1.29 is 4.79 Å². The van der Waals surface area contributed by atoms with Crippen molar-refractivity contribution in [3.63, 3.8) is 0 Å². The minimum absolute atomic E-state index is 0.0480. The van der Waals surface area contributed by atoms with Crippen LogP contribution in [0.4, 0.5) is 11.5 Å². The average Bonchev–Trinajstić information content (AvgIpc) is 3.21. The van der Waals surface area contributed by atoms with Crippen molar-refractivity contribution >= 4 is 17.4 Å². The summed E-state index contributed by atoms with van der Waals surface area (Å²) in [7, 11) is 1.81. The van der Waals surface area contributed by atoms with E-state index in [9.17, 15) is 4.79 Å². The summed E-state index contributed by atoms with van der Waals surface area (Å²) in [5.41, 5.74) is 3.56. The molecule has 0 spiro atoms. The maximum Gasteiger partial charge on any atom is 0.274 e. The van der Waals surface area contributed by atoms with Gasteiger partial charge in [-0.15, -0.1) is 0 Å².